The minimum atomic E-state index is -0.275. The summed E-state index contributed by atoms with van der Waals surface area (Å²) >= 11 is 0. The fourth-order valence-corrected chi connectivity index (χ4v) is 4.79. The van der Waals surface area contributed by atoms with Crippen LogP contribution in [0.2, 0.25) is 0 Å². The van der Waals surface area contributed by atoms with Crippen molar-refractivity contribution in [3.8, 4) is 11.3 Å². The molecule has 0 radical (unpaired) electrons. The lowest BCUT2D eigenvalue weighted by Gasteiger charge is -2.32. The van der Waals surface area contributed by atoms with Gasteiger partial charge in [-0.15, -0.1) is 0 Å². The monoisotopic (exact) mass is 508 g/mol. The number of piperidine rings is 1. The zero-order valence-corrected chi connectivity index (χ0v) is 21.1. The van der Waals surface area contributed by atoms with E-state index in [1.165, 1.54) is 7.11 Å². The third-order valence-corrected chi connectivity index (χ3v) is 6.81. The largest absolute Gasteiger partial charge is 0.378 e. The summed E-state index contributed by atoms with van der Waals surface area (Å²) in [5.74, 6) is 0.660. The summed E-state index contributed by atoms with van der Waals surface area (Å²) in [4.78, 5) is 37.8. The number of carbonyl (C=O) groups is 2. The van der Waals surface area contributed by atoms with E-state index in [1.807, 2.05) is 40.0 Å². The maximum Gasteiger partial charge on any atom is 0.318 e. The highest BCUT2D eigenvalue weighted by atomic mass is 16.5. The highest BCUT2D eigenvalue weighted by Crippen LogP contribution is 2.32. The van der Waals surface area contributed by atoms with E-state index >= 15 is 0 Å². The number of morpholine rings is 1. The molecule has 3 aromatic rings. The number of hydrogen-bond acceptors (Lipinski definition) is 8. The summed E-state index contributed by atoms with van der Waals surface area (Å²) in [7, 11) is 3.11. The first kappa shape index (κ1) is 24.9. The second-order valence-corrected chi connectivity index (χ2v) is 9.12. The number of benzene rings is 1. The van der Waals surface area contributed by atoms with Gasteiger partial charge in [0.25, 0.3) is 0 Å². The molecule has 0 bridgehead atoms. The number of aromatic nitrogens is 4. The van der Waals surface area contributed by atoms with Crippen molar-refractivity contribution in [2.24, 2.45) is 0 Å². The summed E-state index contributed by atoms with van der Waals surface area (Å²) in [6.45, 7) is 4.10. The third kappa shape index (κ3) is 5.35. The number of likely N-dealkylation sites (tertiary alicyclic amines) is 1. The highest BCUT2D eigenvalue weighted by Gasteiger charge is 2.27. The van der Waals surface area contributed by atoms with Crippen molar-refractivity contribution < 1.29 is 19.1 Å². The zero-order chi connectivity index (χ0) is 25.8. The van der Waals surface area contributed by atoms with Crippen molar-refractivity contribution in [1.29, 1.82) is 0 Å². The van der Waals surface area contributed by atoms with Crippen molar-refractivity contribution in [2.45, 2.75) is 18.9 Å². The molecule has 196 valence electrons. The van der Waals surface area contributed by atoms with Crippen LogP contribution in [-0.4, -0.2) is 96.7 Å². The van der Waals surface area contributed by atoms with Crippen LogP contribution in [0.5, 0.6) is 0 Å². The fourth-order valence-electron chi connectivity index (χ4n) is 4.79. The second-order valence-electron chi connectivity index (χ2n) is 9.12. The number of rotatable bonds is 6. The number of ether oxygens (including phenoxy) is 2. The van der Waals surface area contributed by atoms with Gasteiger partial charge in [-0.25, -0.2) is 14.5 Å². The number of methoxy groups -OCH3 is 1. The molecule has 0 atom stereocenters. The molecule has 0 aliphatic carbocycles. The van der Waals surface area contributed by atoms with Crippen LogP contribution in [0.3, 0.4) is 0 Å². The Kier molecular flexibility index (Phi) is 7.47. The number of hydrogen-bond donors (Lipinski definition) is 2. The molecule has 12 heteroatoms. The molecule has 0 unspecified atom stereocenters. The Bertz CT molecular complexity index is 1250. The molecule has 2 aliphatic rings. The smallest absolute Gasteiger partial charge is 0.318 e. The summed E-state index contributed by atoms with van der Waals surface area (Å²) in [6, 6.07) is 7.43. The van der Waals surface area contributed by atoms with Crippen molar-refractivity contribution >= 4 is 34.6 Å². The molecule has 2 aliphatic heterocycles. The fraction of sp³-hybridized carbons (Fsp3) is 0.480. The van der Waals surface area contributed by atoms with Crippen LogP contribution in [0.4, 0.5) is 16.4 Å². The Morgan fingerprint density at radius 3 is 2.49 bits per heavy atom. The molecule has 1 aromatic carbocycles. The maximum atomic E-state index is 12.2. The van der Waals surface area contributed by atoms with E-state index in [2.05, 4.69) is 15.5 Å². The van der Waals surface area contributed by atoms with Crippen molar-refractivity contribution in [3.05, 3.63) is 30.5 Å². The average Bonchev–Trinajstić information content (AvgIpc) is 3.38. The lowest BCUT2D eigenvalue weighted by molar-refractivity contribution is -0.136. The van der Waals surface area contributed by atoms with E-state index in [-0.39, 0.29) is 24.6 Å². The van der Waals surface area contributed by atoms with Gasteiger partial charge < -0.3 is 29.9 Å². The van der Waals surface area contributed by atoms with E-state index in [9.17, 15) is 9.59 Å². The molecule has 2 fully saturated rings. The van der Waals surface area contributed by atoms with Crippen LogP contribution < -0.4 is 15.5 Å². The molecular weight excluding hydrogens is 476 g/mol. The van der Waals surface area contributed by atoms with Gasteiger partial charge in [-0.05, 0) is 25.0 Å². The highest BCUT2D eigenvalue weighted by molar-refractivity contribution is 5.93. The quantitative estimate of drug-likeness (QED) is 0.517. The van der Waals surface area contributed by atoms with E-state index in [4.69, 9.17) is 24.5 Å². The van der Waals surface area contributed by atoms with Crippen LogP contribution >= 0.6 is 0 Å². The molecule has 37 heavy (non-hydrogen) atoms. The van der Waals surface area contributed by atoms with Crippen molar-refractivity contribution in [1.82, 2.24) is 30.0 Å². The van der Waals surface area contributed by atoms with Crippen LogP contribution in [-0.2, 0) is 14.3 Å². The summed E-state index contributed by atoms with van der Waals surface area (Å²) in [5.41, 5.74) is 3.16. The Morgan fingerprint density at radius 2 is 1.81 bits per heavy atom. The minimum absolute atomic E-state index is 0.0137. The minimum Gasteiger partial charge on any atom is -0.378 e. The maximum absolute atomic E-state index is 12.2. The Balaban J connectivity index is 1.48. The lowest BCUT2D eigenvalue weighted by Crippen LogP contribution is -2.41. The number of carbonyl (C=O) groups excluding carboxylic acids is 2. The lowest BCUT2D eigenvalue weighted by atomic mass is 10.0. The molecule has 0 spiro atoms. The molecule has 2 saturated heterocycles. The van der Waals surface area contributed by atoms with Gasteiger partial charge in [0.05, 0.1) is 36.5 Å². The SMILES string of the molecule is CNC(=O)Nc1ccc(-c2nc(N3CCOCC3)nc3c2cnn3C2CCN(C(=O)COC)CC2)cc1. The Morgan fingerprint density at radius 1 is 1.08 bits per heavy atom. The van der Waals surface area contributed by atoms with Crippen LogP contribution in [0.1, 0.15) is 18.9 Å². The van der Waals surface area contributed by atoms with Gasteiger partial charge in [-0.2, -0.15) is 10.1 Å². The van der Waals surface area contributed by atoms with Gasteiger partial charge in [0.15, 0.2) is 5.65 Å². The van der Waals surface area contributed by atoms with E-state index in [1.54, 1.807) is 7.05 Å². The molecule has 12 nitrogen and oxygen atoms in total. The molecule has 0 saturated carbocycles. The van der Waals surface area contributed by atoms with Crippen LogP contribution in [0, 0.1) is 0 Å². The first-order chi connectivity index (χ1) is 18.1. The molecular formula is C25H32N8O4. The first-order valence-electron chi connectivity index (χ1n) is 12.5. The molecule has 4 heterocycles. The Labute approximate surface area is 214 Å². The van der Waals surface area contributed by atoms with Crippen LogP contribution in [0.15, 0.2) is 30.5 Å². The number of nitrogens with one attached hydrogen (secondary N) is 2. The molecule has 2 N–H and O–H groups in total. The Hall–Kier alpha value is -3.77. The molecule has 5 rings (SSSR count). The zero-order valence-electron chi connectivity index (χ0n) is 21.1. The average molecular weight is 509 g/mol. The van der Waals surface area contributed by atoms with Gasteiger partial charge in [0.1, 0.15) is 6.61 Å². The topological polar surface area (TPSA) is 127 Å². The summed E-state index contributed by atoms with van der Waals surface area (Å²) in [5, 5.41) is 10.9. The summed E-state index contributed by atoms with van der Waals surface area (Å²) in [6.07, 6.45) is 3.41. The van der Waals surface area contributed by atoms with E-state index < -0.39 is 0 Å². The normalized spacial score (nSPS) is 16.7. The first-order valence-corrected chi connectivity index (χ1v) is 12.5. The van der Waals surface area contributed by atoms with Gasteiger partial charge in [0, 0.05) is 51.6 Å². The van der Waals surface area contributed by atoms with Crippen LogP contribution in [0.25, 0.3) is 22.3 Å². The number of nitrogens with zero attached hydrogens (tertiary/aromatic N) is 6. The van der Waals surface area contributed by atoms with Gasteiger partial charge >= 0.3 is 6.03 Å². The summed E-state index contributed by atoms with van der Waals surface area (Å²) < 4.78 is 12.5. The van der Waals surface area contributed by atoms with E-state index in [0.717, 1.165) is 35.1 Å². The van der Waals surface area contributed by atoms with Gasteiger partial charge in [-0.3, -0.25) is 4.79 Å². The second kappa shape index (κ2) is 11.1. The number of anilines is 2. The number of urea groups is 1. The third-order valence-electron chi connectivity index (χ3n) is 6.81. The van der Waals surface area contributed by atoms with Crippen molar-refractivity contribution in [3.63, 3.8) is 0 Å². The number of amides is 3. The molecule has 2 aromatic heterocycles. The van der Waals surface area contributed by atoms with Gasteiger partial charge in [-0.1, -0.05) is 12.1 Å². The van der Waals surface area contributed by atoms with E-state index in [0.29, 0.717) is 51.0 Å². The standard InChI is InChI=1S/C25H32N8O4/c1-26-25(35)28-18-5-3-17(4-6-18)22-20-15-27-33(19-7-9-31(10-8-19)21(34)16-36-2)23(20)30-24(29-22)32-11-13-37-14-12-32/h3-6,15,19H,7-14,16H2,1-2H3,(H2,26,28,35). The molecule has 3 amide bonds. The van der Waals surface area contributed by atoms with Gasteiger partial charge in [0.2, 0.25) is 11.9 Å². The van der Waals surface area contributed by atoms with Crippen molar-refractivity contribution in [2.75, 3.05) is 70.4 Å². The number of fused-ring (bicyclic) bond motifs is 1. The predicted octanol–water partition coefficient (Wildman–Crippen LogP) is 1.89. The predicted molar refractivity (Wildman–Crippen MR) is 139 cm³/mol.